The van der Waals surface area contributed by atoms with E-state index in [4.69, 9.17) is 10.00 Å². The van der Waals surface area contributed by atoms with Crippen molar-refractivity contribution >= 4 is 0 Å². The van der Waals surface area contributed by atoms with Crippen LogP contribution in [0.4, 0.5) is 0 Å². The Morgan fingerprint density at radius 1 is 1.47 bits per heavy atom. The van der Waals surface area contributed by atoms with E-state index in [-0.39, 0.29) is 5.41 Å². The second-order valence-corrected chi connectivity index (χ2v) is 5.86. The standard InChI is InChI=1S/C14H26N2O/c1-14(2,12-15)7-5-9-16-8-4-6-13(10-16)11-17-3/h13H,4-11H2,1-3H3. The van der Waals surface area contributed by atoms with E-state index in [0.29, 0.717) is 5.92 Å². The first kappa shape index (κ1) is 14.5. The van der Waals surface area contributed by atoms with Gasteiger partial charge in [0, 0.05) is 13.7 Å². The number of likely N-dealkylation sites (tertiary alicyclic amines) is 1. The van der Waals surface area contributed by atoms with Crippen molar-refractivity contribution in [3.8, 4) is 6.07 Å². The lowest BCUT2D eigenvalue weighted by molar-refractivity contribution is 0.0889. The fourth-order valence-electron chi connectivity index (χ4n) is 2.53. The van der Waals surface area contributed by atoms with Gasteiger partial charge in [0.2, 0.25) is 0 Å². The van der Waals surface area contributed by atoms with Gasteiger partial charge in [-0.3, -0.25) is 0 Å². The molecule has 0 bridgehead atoms. The van der Waals surface area contributed by atoms with Gasteiger partial charge in [-0.2, -0.15) is 5.26 Å². The molecule has 0 spiro atoms. The van der Waals surface area contributed by atoms with Crippen molar-refractivity contribution in [2.75, 3.05) is 33.4 Å². The van der Waals surface area contributed by atoms with Gasteiger partial charge in [0.1, 0.15) is 0 Å². The predicted octanol–water partition coefficient (Wildman–Crippen LogP) is 2.67. The molecule has 0 aromatic rings. The second kappa shape index (κ2) is 6.98. The van der Waals surface area contributed by atoms with Crippen LogP contribution >= 0.6 is 0 Å². The zero-order valence-electron chi connectivity index (χ0n) is 11.5. The number of nitrogens with zero attached hydrogens (tertiary/aromatic N) is 2. The summed E-state index contributed by atoms with van der Waals surface area (Å²) < 4.78 is 5.24. The fourth-order valence-corrected chi connectivity index (χ4v) is 2.53. The van der Waals surface area contributed by atoms with E-state index in [2.05, 4.69) is 11.0 Å². The fraction of sp³-hybridized carbons (Fsp3) is 0.929. The summed E-state index contributed by atoms with van der Waals surface area (Å²) in [5.41, 5.74) is -0.165. The Hall–Kier alpha value is -0.590. The molecule has 0 aliphatic carbocycles. The zero-order chi connectivity index (χ0) is 12.7. The first-order valence-electron chi connectivity index (χ1n) is 6.70. The summed E-state index contributed by atoms with van der Waals surface area (Å²) in [6.07, 6.45) is 4.71. The van der Waals surface area contributed by atoms with Crippen molar-refractivity contribution in [1.29, 1.82) is 5.26 Å². The minimum atomic E-state index is -0.165. The van der Waals surface area contributed by atoms with E-state index < -0.39 is 0 Å². The third-order valence-corrected chi connectivity index (χ3v) is 3.58. The molecule has 1 atom stereocenters. The Morgan fingerprint density at radius 2 is 2.24 bits per heavy atom. The van der Waals surface area contributed by atoms with Crippen molar-refractivity contribution in [3.05, 3.63) is 0 Å². The van der Waals surface area contributed by atoms with Crippen LogP contribution in [0.5, 0.6) is 0 Å². The Kier molecular flexibility index (Phi) is 5.94. The summed E-state index contributed by atoms with van der Waals surface area (Å²) in [6.45, 7) is 8.45. The van der Waals surface area contributed by atoms with Gasteiger partial charge in [0.05, 0.1) is 18.1 Å². The van der Waals surface area contributed by atoms with Crippen LogP contribution in [0, 0.1) is 22.7 Å². The molecule has 1 fully saturated rings. The number of nitriles is 1. The maximum atomic E-state index is 8.96. The second-order valence-electron chi connectivity index (χ2n) is 5.86. The highest BCUT2D eigenvalue weighted by Gasteiger charge is 2.21. The van der Waals surface area contributed by atoms with Crippen LogP contribution in [-0.4, -0.2) is 38.3 Å². The molecule has 0 amide bonds. The minimum absolute atomic E-state index is 0.165. The molecule has 0 radical (unpaired) electrons. The molecule has 0 saturated carbocycles. The summed E-state index contributed by atoms with van der Waals surface area (Å²) in [4.78, 5) is 2.53. The van der Waals surface area contributed by atoms with Crippen LogP contribution in [0.15, 0.2) is 0 Å². The minimum Gasteiger partial charge on any atom is -0.384 e. The number of ether oxygens (including phenoxy) is 1. The Balaban J connectivity index is 2.21. The summed E-state index contributed by atoms with van der Waals surface area (Å²) in [6, 6.07) is 2.37. The molecule has 1 heterocycles. The number of piperidine rings is 1. The van der Waals surface area contributed by atoms with Gasteiger partial charge >= 0.3 is 0 Å². The third-order valence-electron chi connectivity index (χ3n) is 3.58. The lowest BCUT2D eigenvalue weighted by atomic mass is 9.89. The lowest BCUT2D eigenvalue weighted by Gasteiger charge is -2.32. The topological polar surface area (TPSA) is 36.3 Å². The highest BCUT2D eigenvalue weighted by atomic mass is 16.5. The number of rotatable bonds is 6. The molecule has 0 aromatic heterocycles. The van der Waals surface area contributed by atoms with Gasteiger partial charge in [0.15, 0.2) is 0 Å². The van der Waals surface area contributed by atoms with Crippen LogP contribution in [0.3, 0.4) is 0 Å². The van der Waals surface area contributed by atoms with Gasteiger partial charge in [-0.25, -0.2) is 0 Å². The van der Waals surface area contributed by atoms with Crippen LogP contribution in [0.2, 0.25) is 0 Å². The van der Waals surface area contributed by atoms with Crippen LogP contribution in [0.1, 0.15) is 39.5 Å². The van der Waals surface area contributed by atoms with Gasteiger partial charge in [-0.15, -0.1) is 0 Å². The van der Waals surface area contributed by atoms with Crippen molar-refractivity contribution in [2.45, 2.75) is 39.5 Å². The smallest absolute Gasteiger partial charge is 0.0683 e. The molecule has 1 aliphatic rings. The van der Waals surface area contributed by atoms with Crippen LogP contribution in [0.25, 0.3) is 0 Å². The Labute approximate surface area is 106 Å². The zero-order valence-corrected chi connectivity index (χ0v) is 11.5. The van der Waals surface area contributed by atoms with Gasteiger partial charge in [0.25, 0.3) is 0 Å². The van der Waals surface area contributed by atoms with Crippen LogP contribution < -0.4 is 0 Å². The van der Waals surface area contributed by atoms with Gasteiger partial charge in [-0.1, -0.05) is 0 Å². The van der Waals surface area contributed by atoms with E-state index in [0.717, 1.165) is 26.0 Å². The number of hydrogen-bond acceptors (Lipinski definition) is 3. The highest BCUT2D eigenvalue weighted by molar-refractivity contribution is 4.91. The summed E-state index contributed by atoms with van der Waals surface area (Å²) in [5.74, 6) is 0.706. The van der Waals surface area contributed by atoms with E-state index in [1.54, 1.807) is 7.11 Å². The maximum absolute atomic E-state index is 8.96. The van der Waals surface area contributed by atoms with E-state index >= 15 is 0 Å². The third kappa shape index (κ3) is 5.52. The van der Waals surface area contributed by atoms with E-state index in [9.17, 15) is 0 Å². The molecular formula is C14H26N2O. The molecule has 1 saturated heterocycles. The number of hydrogen-bond donors (Lipinski definition) is 0. The highest BCUT2D eigenvalue weighted by Crippen LogP contribution is 2.22. The lowest BCUT2D eigenvalue weighted by Crippen LogP contribution is -2.37. The molecule has 0 aromatic carbocycles. The molecule has 3 nitrogen and oxygen atoms in total. The molecule has 1 unspecified atom stereocenters. The quantitative estimate of drug-likeness (QED) is 0.714. The molecular weight excluding hydrogens is 212 g/mol. The normalized spacial score (nSPS) is 22.4. The summed E-state index contributed by atoms with van der Waals surface area (Å²) in [7, 11) is 1.79. The number of methoxy groups -OCH3 is 1. The molecule has 0 N–H and O–H groups in total. The molecule has 1 aliphatic heterocycles. The van der Waals surface area contributed by atoms with Crippen molar-refractivity contribution < 1.29 is 4.74 Å². The Morgan fingerprint density at radius 3 is 2.88 bits per heavy atom. The van der Waals surface area contributed by atoms with E-state index in [1.807, 2.05) is 13.8 Å². The predicted molar refractivity (Wildman–Crippen MR) is 69.7 cm³/mol. The molecule has 98 valence electrons. The largest absolute Gasteiger partial charge is 0.384 e. The average Bonchev–Trinajstić information content (AvgIpc) is 2.30. The molecule has 17 heavy (non-hydrogen) atoms. The van der Waals surface area contributed by atoms with E-state index in [1.165, 1.54) is 25.9 Å². The van der Waals surface area contributed by atoms with Gasteiger partial charge < -0.3 is 9.64 Å². The average molecular weight is 238 g/mol. The first-order valence-corrected chi connectivity index (χ1v) is 6.70. The molecule has 3 heteroatoms. The van der Waals surface area contributed by atoms with Crippen molar-refractivity contribution in [3.63, 3.8) is 0 Å². The molecule has 1 rings (SSSR count). The van der Waals surface area contributed by atoms with Gasteiger partial charge in [-0.05, 0) is 58.5 Å². The maximum Gasteiger partial charge on any atom is 0.0683 e. The van der Waals surface area contributed by atoms with Crippen LogP contribution in [-0.2, 0) is 4.74 Å². The SMILES string of the molecule is COCC1CCCN(CCCC(C)(C)C#N)C1. The Bertz CT molecular complexity index is 255. The van der Waals surface area contributed by atoms with Crippen molar-refractivity contribution in [1.82, 2.24) is 4.90 Å². The van der Waals surface area contributed by atoms with Crippen molar-refractivity contribution in [2.24, 2.45) is 11.3 Å². The first-order chi connectivity index (χ1) is 8.07. The summed E-state index contributed by atoms with van der Waals surface area (Å²) in [5, 5.41) is 8.96. The monoisotopic (exact) mass is 238 g/mol. The summed E-state index contributed by atoms with van der Waals surface area (Å²) >= 11 is 0.